The second-order valence-electron chi connectivity index (χ2n) is 6.63. The third-order valence-corrected chi connectivity index (χ3v) is 4.76. The molecular formula is C19H24FN. The molecule has 2 heteroatoms. The van der Waals surface area contributed by atoms with Gasteiger partial charge >= 0.3 is 0 Å². The molecule has 0 spiro atoms. The van der Waals surface area contributed by atoms with Crippen LogP contribution in [0.3, 0.4) is 0 Å². The van der Waals surface area contributed by atoms with E-state index in [0.717, 1.165) is 23.1 Å². The lowest BCUT2D eigenvalue weighted by molar-refractivity contribution is 0.615. The molecule has 1 aliphatic carbocycles. The highest BCUT2D eigenvalue weighted by Crippen LogP contribution is 2.54. The van der Waals surface area contributed by atoms with Gasteiger partial charge in [-0.1, -0.05) is 40.3 Å². The molecular weight excluding hydrogens is 261 g/mol. The molecule has 0 saturated heterocycles. The van der Waals surface area contributed by atoms with Gasteiger partial charge in [0.05, 0.1) is 5.71 Å². The number of allylic oxidation sites excluding steroid dienone is 3. The Balaban J connectivity index is 2.45. The topological polar surface area (TPSA) is 23.9 Å². The Hall–Kier alpha value is -1.70. The van der Waals surface area contributed by atoms with Crippen LogP contribution in [0.2, 0.25) is 0 Å². The molecule has 0 heterocycles. The first-order chi connectivity index (χ1) is 9.79. The van der Waals surface area contributed by atoms with Crippen molar-refractivity contribution in [2.45, 2.75) is 39.5 Å². The molecule has 0 radical (unpaired) electrons. The summed E-state index contributed by atoms with van der Waals surface area (Å²) in [4.78, 5) is 0. The van der Waals surface area contributed by atoms with E-state index in [9.17, 15) is 4.39 Å². The summed E-state index contributed by atoms with van der Waals surface area (Å²) in [5.74, 6) is 0.639. The van der Waals surface area contributed by atoms with Crippen molar-refractivity contribution in [1.29, 1.82) is 5.41 Å². The fourth-order valence-corrected chi connectivity index (χ4v) is 2.88. The summed E-state index contributed by atoms with van der Waals surface area (Å²) in [5.41, 5.74) is 3.27. The maximum absolute atomic E-state index is 13.7. The Bertz CT molecular complexity index is 612. The second kappa shape index (κ2) is 5.59. The molecule has 0 amide bonds. The average Bonchev–Trinajstić information content (AvgIpc) is 3.04. The second-order valence-corrected chi connectivity index (χ2v) is 6.63. The minimum atomic E-state index is -0.223. The van der Waals surface area contributed by atoms with E-state index in [1.165, 1.54) is 6.07 Å². The van der Waals surface area contributed by atoms with E-state index in [1.807, 2.05) is 6.08 Å². The molecule has 1 unspecified atom stereocenters. The lowest BCUT2D eigenvalue weighted by Crippen LogP contribution is -2.12. The summed E-state index contributed by atoms with van der Waals surface area (Å²) < 4.78 is 13.7. The van der Waals surface area contributed by atoms with Crippen LogP contribution >= 0.6 is 0 Å². The van der Waals surface area contributed by atoms with Crippen LogP contribution in [0.5, 0.6) is 0 Å². The maximum atomic E-state index is 13.7. The highest BCUT2D eigenvalue weighted by atomic mass is 19.1. The third-order valence-electron chi connectivity index (χ3n) is 4.76. The zero-order valence-electron chi connectivity index (χ0n) is 13.3. The zero-order valence-corrected chi connectivity index (χ0v) is 13.3. The van der Waals surface area contributed by atoms with Crippen LogP contribution in [0.25, 0.3) is 0 Å². The molecule has 1 nitrogen and oxygen atoms in total. The van der Waals surface area contributed by atoms with Crippen LogP contribution in [0, 0.1) is 23.1 Å². The predicted octanol–water partition coefficient (Wildman–Crippen LogP) is 5.26. The third kappa shape index (κ3) is 2.99. The SMILES string of the molecule is C=C/C(=C\C(=N)c1ccc(F)cc1C1(C)C[C@H]1C)C(C)C. The lowest BCUT2D eigenvalue weighted by Gasteiger charge is -2.17. The van der Waals surface area contributed by atoms with Crippen molar-refractivity contribution in [2.24, 2.45) is 11.8 Å². The van der Waals surface area contributed by atoms with Gasteiger partial charge in [0.1, 0.15) is 5.82 Å². The molecule has 112 valence electrons. The Morgan fingerprint density at radius 3 is 2.57 bits per heavy atom. The van der Waals surface area contributed by atoms with E-state index in [4.69, 9.17) is 5.41 Å². The van der Waals surface area contributed by atoms with Crippen LogP contribution in [0.1, 0.15) is 45.2 Å². The summed E-state index contributed by atoms with van der Waals surface area (Å²) >= 11 is 0. The molecule has 0 aliphatic heterocycles. The van der Waals surface area contributed by atoms with Gasteiger partial charge in [-0.25, -0.2) is 4.39 Å². The highest BCUT2D eigenvalue weighted by Gasteiger charge is 2.49. The van der Waals surface area contributed by atoms with Gasteiger partial charge in [0.2, 0.25) is 0 Å². The number of hydrogen-bond donors (Lipinski definition) is 1. The number of benzene rings is 1. The first-order valence-corrected chi connectivity index (χ1v) is 7.52. The zero-order chi connectivity index (χ0) is 15.8. The normalized spacial score (nSPS) is 25.0. The lowest BCUT2D eigenvalue weighted by atomic mass is 9.88. The van der Waals surface area contributed by atoms with E-state index >= 15 is 0 Å². The van der Waals surface area contributed by atoms with Crippen molar-refractivity contribution in [3.63, 3.8) is 0 Å². The summed E-state index contributed by atoms with van der Waals surface area (Å²) in [5, 5.41) is 8.40. The summed E-state index contributed by atoms with van der Waals surface area (Å²) in [6, 6.07) is 4.78. The van der Waals surface area contributed by atoms with E-state index in [1.54, 1.807) is 18.2 Å². The van der Waals surface area contributed by atoms with Gasteiger partial charge in [-0.2, -0.15) is 0 Å². The maximum Gasteiger partial charge on any atom is 0.123 e. The Morgan fingerprint density at radius 1 is 1.48 bits per heavy atom. The number of halogens is 1. The Labute approximate surface area is 127 Å². The van der Waals surface area contributed by atoms with Crippen LogP contribution in [-0.2, 0) is 5.41 Å². The molecule has 1 aliphatic rings. The van der Waals surface area contributed by atoms with Crippen molar-refractivity contribution in [3.8, 4) is 0 Å². The van der Waals surface area contributed by atoms with E-state index in [2.05, 4.69) is 34.3 Å². The Morgan fingerprint density at radius 2 is 2.10 bits per heavy atom. The van der Waals surface area contributed by atoms with Gasteiger partial charge in [-0.3, -0.25) is 0 Å². The average molecular weight is 285 g/mol. The van der Waals surface area contributed by atoms with Crippen LogP contribution in [-0.4, -0.2) is 5.71 Å². The highest BCUT2D eigenvalue weighted by molar-refractivity contribution is 6.08. The molecule has 1 fully saturated rings. The number of rotatable bonds is 5. The predicted molar refractivity (Wildman–Crippen MR) is 87.5 cm³/mol. The van der Waals surface area contributed by atoms with Crippen molar-refractivity contribution < 1.29 is 4.39 Å². The molecule has 1 aromatic rings. The molecule has 2 rings (SSSR count). The molecule has 0 aromatic heterocycles. The molecule has 1 N–H and O–H groups in total. The molecule has 1 aromatic carbocycles. The largest absolute Gasteiger partial charge is 0.300 e. The van der Waals surface area contributed by atoms with E-state index < -0.39 is 0 Å². The number of nitrogens with one attached hydrogen (secondary N) is 1. The summed E-state index contributed by atoms with van der Waals surface area (Å²) in [7, 11) is 0. The standard InChI is InChI=1S/C19H24FN/c1-6-14(12(2)3)9-18(21)16-8-7-15(20)10-17(16)19(5)11-13(19)4/h6-10,12-13,21H,1,11H2,2-5H3/b14-9+,21-18?/t13-,19?/m1/s1. The van der Waals surface area contributed by atoms with Gasteiger partial charge in [-0.05, 0) is 59.1 Å². The van der Waals surface area contributed by atoms with Crippen molar-refractivity contribution >= 4 is 5.71 Å². The monoisotopic (exact) mass is 285 g/mol. The minimum absolute atomic E-state index is 0.00372. The smallest absolute Gasteiger partial charge is 0.123 e. The first kappa shape index (κ1) is 15.7. The van der Waals surface area contributed by atoms with Gasteiger partial charge in [0.25, 0.3) is 0 Å². The molecule has 0 bridgehead atoms. The van der Waals surface area contributed by atoms with E-state index in [-0.39, 0.29) is 11.2 Å². The first-order valence-electron chi connectivity index (χ1n) is 7.52. The number of hydrogen-bond acceptors (Lipinski definition) is 1. The van der Waals surface area contributed by atoms with Gasteiger partial charge in [-0.15, -0.1) is 0 Å². The minimum Gasteiger partial charge on any atom is -0.300 e. The van der Waals surface area contributed by atoms with Gasteiger partial charge < -0.3 is 5.41 Å². The Kier molecular flexibility index (Phi) is 4.18. The van der Waals surface area contributed by atoms with Crippen LogP contribution in [0.4, 0.5) is 4.39 Å². The van der Waals surface area contributed by atoms with Gasteiger partial charge in [0, 0.05) is 5.56 Å². The van der Waals surface area contributed by atoms with Crippen molar-refractivity contribution in [3.05, 3.63) is 59.4 Å². The van der Waals surface area contributed by atoms with Crippen LogP contribution < -0.4 is 0 Å². The van der Waals surface area contributed by atoms with Gasteiger partial charge in [0.15, 0.2) is 0 Å². The van der Waals surface area contributed by atoms with Crippen molar-refractivity contribution in [2.75, 3.05) is 0 Å². The fourth-order valence-electron chi connectivity index (χ4n) is 2.88. The molecule has 21 heavy (non-hydrogen) atoms. The van der Waals surface area contributed by atoms with Crippen LogP contribution in [0.15, 0.2) is 42.5 Å². The fraction of sp³-hybridized carbons (Fsp3) is 0.421. The molecule has 2 atom stereocenters. The summed E-state index contributed by atoms with van der Waals surface area (Å²) in [6.07, 6.45) is 4.70. The molecule has 1 saturated carbocycles. The van der Waals surface area contributed by atoms with E-state index in [0.29, 0.717) is 17.5 Å². The van der Waals surface area contributed by atoms with Crippen molar-refractivity contribution in [1.82, 2.24) is 0 Å². The summed E-state index contributed by atoms with van der Waals surface area (Å²) in [6.45, 7) is 12.3. The quantitative estimate of drug-likeness (QED) is 0.563.